The molecule has 0 bridgehead atoms. The molecule has 0 saturated heterocycles. The summed E-state index contributed by atoms with van der Waals surface area (Å²) in [5.74, 6) is -0.937. The van der Waals surface area contributed by atoms with Crippen molar-refractivity contribution in [1.82, 2.24) is 4.72 Å². The Bertz CT molecular complexity index is 916. The third-order valence-electron chi connectivity index (χ3n) is 4.90. The molecule has 1 aliphatic rings. The van der Waals surface area contributed by atoms with E-state index in [0.717, 1.165) is 12.0 Å². The second kappa shape index (κ2) is 6.26. The Labute approximate surface area is 147 Å². The molecule has 0 aromatic heterocycles. The van der Waals surface area contributed by atoms with Crippen LogP contribution < -0.4 is 4.72 Å². The maximum Gasteiger partial charge on any atom is 0.264 e. The summed E-state index contributed by atoms with van der Waals surface area (Å²) in [4.78, 5) is 12.9. The standard InChI is InChI=1S/C19H20FNO3S/c1-13-4-5-14(2)17(12-13)25(23,24)21-18(22)19(10-3-11-19)15-6-8-16(20)9-7-15/h4-9,12H,3,10-11H2,1-2H3,(H,21,22). The summed E-state index contributed by atoms with van der Waals surface area (Å²) in [6.07, 6.45) is 1.92. The molecule has 4 nitrogen and oxygen atoms in total. The van der Waals surface area contributed by atoms with Gasteiger partial charge >= 0.3 is 0 Å². The highest BCUT2D eigenvalue weighted by atomic mass is 32.2. The van der Waals surface area contributed by atoms with Gasteiger partial charge in [-0.05, 0) is 61.6 Å². The summed E-state index contributed by atoms with van der Waals surface area (Å²) in [6.45, 7) is 3.49. The van der Waals surface area contributed by atoms with Crippen LogP contribution in [0.3, 0.4) is 0 Å². The molecule has 0 heterocycles. The Morgan fingerprint density at radius 3 is 2.28 bits per heavy atom. The molecule has 6 heteroatoms. The van der Waals surface area contributed by atoms with Crippen LogP contribution in [-0.2, 0) is 20.2 Å². The average Bonchev–Trinajstić information content (AvgIpc) is 2.50. The van der Waals surface area contributed by atoms with Gasteiger partial charge < -0.3 is 0 Å². The zero-order valence-corrected chi connectivity index (χ0v) is 15.0. The predicted molar refractivity (Wildman–Crippen MR) is 93.2 cm³/mol. The molecule has 2 aromatic carbocycles. The van der Waals surface area contributed by atoms with E-state index in [-0.39, 0.29) is 10.7 Å². The molecule has 0 spiro atoms. The Hall–Kier alpha value is -2.21. The number of halogens is 1. The normalized spacial score (nSPS) is 16.1. The van der Waals surface area contributed by atoms with Gasteiger partial charge in [0.15, 0.2) is 0 Å². The first kappa shape index (κ1) is 17.6. The van der Waals surface area contributed by atoms with E-state index in [1.807, 2.05) is 6.07 Å². The third kappa shape index (κ3) is 3.18. The molecule has 2 aromatic rings. The SMILES string of the molecule is Cc1ccc(C)c(S(=O)(=O)NC(=O)C2(c3ccc(F)cc3)CCC2)c1. The fourth-order valence-electron chi connectivity index (χ4n) is 3.22. The molecule has 0 unspecified atom stereocenters. The molecule has 1 fully saturated rings. The predicted octanol–water partition coefficient (Wildman–Crippen LogP) is 3.37. The van der Waals surface area contributed by atoms with Crippen molar-refractivity contribution in [2.45, 2.75) is 43.4 Å². The van der Waals surface area contributed by atoms with Crippen LogP contribution in [-0.4, -0.2) is 14.3 Å². The van der Waals surface area contributed by atoms with Crippen LogP contribution >= 0.6 is 0 Å². The summed E-state index contributed by atoms with van der Waals surface area (Å²) in [7, 11) is -3.96. The van der Waals surface area contributed by atoms with Gasteiger partial charge in [0.25, 0.3) is 10.0 Å². The number of carbonyl (C=O) groups excluding carboxylic acids is 1. The molecular formula is C19H20FNO3S. The Kier molecular flexibility index (Phi) is 4.41. The molecular weight excluding hydrogens is 341 g/mol. The Morgan fingerprint density at radius 1 is 1.08 bits per heavy atom. The Morgan fingerprint density at radius 2 is 1.72 bits per heavy atom. The van der Waals surface area contributed by atoms with Crippen molar-refractivity contribution >= 4 is 15.9 Å². The number of carbonyl (C=O) groups is 1. The maximum atomic E-state index is 13.2. The fourth-order valence-corrected chi connectivity index (χ4v) is 4.60. The number of hydrogen-bond donors (Lipinski definition) is 1. The average molecular weight is 361 g/mol. The molecule has 0 radical (unpaired) electrons. The smallest absolute Gasteiger partial charge is 0.264 e. The highest BCUT2D eigenvalue weighted by molar-refractivity contribution is 7.90. The number of sulfonamides is 1. The minimum absolute atomic E-state index is 0.106. The molecule has 1 amide bonds. The maximum absolute atomic E-state index is 13.2. The van der Waals surface area contributed by atoms with Crippen molar-refractivity contribution in [3.05, 3.63) is 65.0 Å². The van der Waals surface area contributed by atoms with Gasteiger partial charge in [-0.25, -0.2) is 17.5 Å². The number of nitrogens with one attached hydrogen (secondary N) is 1. The second-order valence-corrected chi connectivity index (χ2v) is 8.30. The number of hydrogen-bond acceptors (Lipinski definition) is 3. The van der Waals surface area contributed by atoms with Gasteiger partial charge in [-0.3, -0.25) is 4.79 Å². The minimum atomic E-state index is -3.96. The zero-order valence-electron chi connectivity index (χ0n) is 14.2. The number of benzene rings is 2. The number of amides is 1. The molecule has 132 valence electrons. The second-order valence-electron chi connectivity index (χ2n) is 6.65. The summed E-state index contributed by atoms with van der Waals surface area (Å²) < 4.78 is 40.8. The largest absolute Gasteiger partial charge is 0.273 e. The van der Waals surface area contributed by atoms with Crippen molar-refractivity contribution < 1.29 is 17.6 Å². The lowest BCUT2D eigenvalue weighted by Gasteiger charge is -2.40. The Balaban J connectivity index is 1.92. The van der Waals surface area contributed by atoms with Gasteiger partial charge in [-0.1, -0.05) is 30.7 Å². The van der Waals surface area contributed by atoms with Crippen LogP contribution in [0.15, 0.2) is 47.4 Å². The zero-order chi connectivity index (χ0) is 18.2. The molecule has 0 atom stereocenters. The van der Waals surface area contributed by atoms with E-state index in [1.54, 1.807) is 38.1 Å². The van der Waals surface area contributed by atoms with Gasteiger partial charge in [0.05, 0.1) is 10.3 Å². The van der Waals surface area contributed by atoms with Gasteiger partial charge in [-0.15, -0.1) is 0 Å². The first-order valence-electron chi connectivity index (χ1n) is 8.15. The van der Waals surface area contributed by atoms with E-state index in [9.17, 15) is 17.6 Å². The van der Waals surface area contributed by atoms with Crippen molar-refractivity contribution in [3.63, 3.8) is 0 Å². The van der Waals surface area contributed by atoms with Crippen molar-refractivity contribution in [3.8, 4) is 0 Å². The van der Waals surface area contributed by atoms with E-state index < -0.39 is 21.3 Å². The molecule has 1 saturated carbocycles. The highest BCUT2D eigenvalue weighted by Gasteiger charge is 2.47. The topological polar surface area (TPSA) is 63.2 Å². The van der Waals surface area contributed by atoms with E-state index >= 15 is 0 Å². The summed E-state index contributed by atoms with van der Waals surface area (Å²) in [5, 5.41) is 0. The first-order valence-corrected chi connectivity index (χ1v) is 9.63. The van der Waals surface area contributed by atoms with Crippen LogP contribution in [0.1, 0.15) is 36.0 Å². The van der Waals surface area contributed by atoms with Gasteiger partial charge in [0.2, 0.25) is 5.91 Å². The summed E-state index contributed by atoms with van der Waals surface area (Å²) in [5.41, 5.74) is 1.12. The van der Waals surface area contributed by atoms with Crippen LogP contribution in [0.25, 0.3) is 0 Å². The lowest BCUT2D eigenvalue weighted by atomic mass is 9.64. The molecule has 25 heavy (non-hydrogen) atoms. The molecule has 1 aliphatic carbocycles. The van der Waals surface area contributed by atoms with E-state index in [4.69, 9.17) is 0 Å². The number of rotatable bonds is 4. The van der Waals surface area contributed by atoms with Gasteiger partial charge in [0.1, 0.15) is 5.82 Å². The van der Waals surface area contributed by atoms with Crippen molar-refractivity contribution in [2.75, 3.05) is 0 Å². The third-order valence-corrected chi connectivity index (χ3v) is 6.37. The number of aryl methyl sites for hydroxylation is 2. The first-order chi connectivity index (χ1) is 11.7. The molecule has 3 rings (SSSR count). The minimum Gasteiger partial charge on any atom is -0.273 e. The van der Waals surface area contributed by atoms with Crippen LogP contribution in [0, 0.1) is 19.7 Å². The van der Waals surface area contributed by atoms with Crippen LogP contribution in [0.5, 0.6) is 0 Å². The van der Waals surface area contributed by atoms with Crippen LogP contribution in [0.4, 0.5) is 4.39 Å². The quantitative estimate of drug-likeness (QED) is 0.908. The van der Waals surface area contributed by atoms with Crippen molar-refractivity contribution in [2.24, 2.45) is 0 Å². The highest BCUT2D eigenvalue weighted by Crippen LogP contribution is 2.44. The van der Waals surface area contributed by atoms with E-state index in [1.165, 1.54) is 12.1 Å². The monoisotopic (exact) mass is 361 g/mol. The van der Waals surface area contributed by atoms with Gasteiger partial charge in [0, 0.05) is 0 Å². The van der Waals surface area contributed by atoms with E-state index in [0.29, 0.717) is 24.0 Å². The lowest BCUT2D eigenvalue weighted by Crippen LogP contribution is -2.50. The summed E-state index contributed by atoms with van der Waals surface area (Å²) in [6, 6.07) is 10.8. The van der Waals surface area contributed by atoms with E-state index in [2.05, 4.69) is 4.72 Å². The fraction of sp³-hybridized carbons (Fsp3) is 0.316. The van der Waals surface area contributed by atoms with Crippen LogP contribution in [0.2, 0.25) is 0 Å². The lowest BCUT2D eigenvalue weighted by molar-refractivity contribution is -0.128. The van der Waals surface area contributed by atoms with Crippen molar-refractivity contribution in [1.29, 1.82) is 0 Å². The molecule has 0 aliphatic heterocycles. The van der Waals surface area contributed by atoms with Gasteiger partial charge in [-0.2, -0.15) is 0 Å². The molecule has 1 N–H and O–H groups in total. The summed E-state index contributed by atoms with van der Waals surface area (Å²) >= 11 is 0.